The Kier molecular flexibility index (Phi) is 30.3. The second-order valence-electron chi connectivity index (χ2n) is 2.46. The highest BCUT2D eigenvalue weighted by atomic mass is 32.0. The Bertz CT molecular complexity index is 342. The van der Waals surface area contributed by atoms with Gasteiger partial charge in [0.05, 0.1) is 40.6 Å². The van der Waals surface area contributed by atoms with Crippen molar-refractivity contribution in [1.82, 2.24) is 0 Å². The molecule has 0 amide bonds. The zero-order valence-corrected chi connectivity index (χ0v) is 13.1. The molecule has 0 rings (SSSR count). The summed E-state index contributed by atoms with van der Waals surface area (Å²) in [5, 5.41) is 28.8. The van der Waals surface area contributed by atoms with Crippen LogP contribution in [0.4, 0.5) is 0 Å². The van der Waals surface area contributed by atoms with Crippen molar-refractivity contribution in [3.8, 4) is 12.1 Å². The van der Waals surface area contributed by atoms with Gasteiger partial charge in [0.2, 0.25) is 0 Å². The van der Waals surface area contributed by atoms with Crippen LogP contribution in [0.2, 0.25) is 0 Å². The molecule has 5 nitrogen and oxygen atoms in total. The average molecular weight is 299 g/mol. The average Bonchev–Trinajstić information content (AvgIpc) is 2.43. The highest BCUT2D eigenvalue weighted by molar-refractivity contribution is 8.02. The van der Waals surface area contributed by atoms with Crippen LogP contribution in [-0.2, 0) is 0 Å². The lowest BCUT2D eigenvalue weighted by atomic mass is 10.2. The van der Waals surface area contributed by atoms with Crippen molar-refractivity contribution in [2.75, 3.05) is 0 Å². The summed E-state index contributed by atoms with van der Waals surface area (Å²) in [5.41, 5.74) is 0. The van der Waals surface area contributed by atoms with E-state index >= 15 is 0 Å². The normalized spacial score (nSPS) is 10.7. The second-order valence-corrected chi connectivity index (χ2v) is 4.89. The number of nitrogens with zero attached hydrogens (tertiary/aromatic N) is 3. The van der Waals surface area contributed by atoms with Gasteiger partial charge in [-0.3, -0.25) is 10.3 Å². The quantitative estimate of drug-likeness (QED) is 0.478. The summed E-state index contributed by atoms with van der Waals surface area (Å²) in [7, 11) is 1.43. The van der Waals surface area contributed by atoms with Crippen LogP contribution in [0, 0.1) is 38.9 Å². The number of hydrogen-bond acceptors (Lipinski definition) is 4. The third-order valence-corrected chi connectivity index (χ3v) is 2.89. The maximum absolute atomic E-state index is 8.01. The molecule has 0 aromatic heterocycles. The molecule has 0 heterocycles. The summed E-state index contributed by atoms with van der Waals surface area (Å²) in [6.45, 7) is 7.11. The van der Waals surface area contributed by atoms with Gasteiger partial charge in [-0.2, -0.15) is 15.0 Å². The van der Waals surface area contributed by atoms with E-state index in [1.165, 1.54) is 0 Å². The van der Waals surface area contributed by atoms with E-state index in [2.05, 4.69) is 11.1 Å². The van der Waals surface area contributed by atoms with E-state index in [1.807, 2.05) is 31.2 Å². The van der Waals surface area contributed by atoms with E-state index in [-0.39, 0.29) is 14.4 Å². The molecule has 96 valence electrons. The lowest BCUT2D eigenvalue weighted by molar-refractivity contribution is 0.960. The Labute approximate surface area is 113 Å². The van der Waals surface area contributed by atoms with Gasteiger partial charge in [0.1, 0.15) is 0 Å². The van der Waals surface area contributed by atoms with Crippen molar-refractivity contribution in [2.24, 2.45) is 10.4 Å². The number of nitrogens with one attached hydrogen (secondary N) is 2. The summed E-state index contributed by atoms with van der Waals surface area (Å²) in [5.74, 6) is 0.00463. The van der Waals surface area contributed by atoms with Crippen LogP contribution < -0.4 is 0 Å². The van der Waals surface area contributed by atoms with E-state index < -0.39 is 0 Å². The molecule has 0 fully saturated rings. The minimum atomic E-state index is 0.00463. The van der Waals surface area contributed by atoms with E-state index in [0.717, 1.165) is 0 Å². The maximum Gasteiger partial charge on any atom is 0.150 e. The largest absolute Gasteiger partial charge is 0.274 e. The molecule has 0 saturated heterocycles. The van der Waals surface area contributed by atoms with Gasteiger partial charge >= 0.3 is 0 Å². The molecule has 1 atom stereocenters. The van der Waals surface area contributed by atoms with Crippen molar-refractivity contribution >= 4 is 24.6 Å². The highest BCUT2D eigenvalue weighted by Gasteiger charge is 1.83. The molecule has 0 aliphatic heterocycles. The fourth-order valence-corrected chi connectivity index (χ4v) is 1.30. The van der Waals surface area contributed by atoms with Crippen molar-refractivity contribution in [2.45, 2.75) is 20.3 Å². The lowest BCUT2D eigenvalue weighted by Gasteiger charge is -1.80. The summed E-state index contributed by atoms with van der Waals surface area (Å²) >= 11 is 0. The van der Waals surface area contributed by atoms with Gasteiger partial charge in [-0.25, -0.2) is 0 Å². The molecule has 0 aliphatic carbocycles. The van der Waals surface area contributed by atoms with Crippen LogP contribution in [0.3, 0.4) is 0 Å². The summed E-state index contributed by atoms with van der Waals surface area (Å²) in [6, 6.07) is 3.98. The van der Waals surface area contributed by atoms with Crippen LogP contribution in [0.15, 0.2) is 29.3 Å². The standard InChI is InChI=1S/2C5H7N.H2N3P3/c1-3-5(2)4-6;1-2-3-4-5-6;1-4-3-6-5-2/h3,5H,1H2,2H3;2-3H,4H2,1H3;1-2H/b;3-2+;. The topological polar surface area (TPSA) is 108 Å². The van der Waals surface area contributed by atoms with Crippen molar-refractivity contribution in [1.29, 1.82) is 20.8 Å². The van der Waals surface area contributed by atoms with E-state index in [1.54, 1.807) is 13.0 Å². The number of rotatable bonds is 4. The van der Waals surface area contributed by atoms with Crippen LogP contribution >= 0.6 is 24.6 Å². The van der Waals surface area contributed by atoms with Crippen molar-refractivity contribution in [3.05, 3.63) is 24.8 Å². The molecule has 2 N–H and O–H groups in total. The van der Waals surface area contributed by atoms with Gasteiger partial charge in [-0.05, 0) is 13.8 Å². The third kappa shape index (κ3) is 36.4. The Morgan fingerprint density at radius 2 is 2.06 bits per heavy atom. The fraction of sp³-hybridized carbons (Fsp3) is 0.400. The molecule has 0 bridgehead atoms. The molecule has 0 spiro atoms. The Balaban J connectivity index is -0.000000187. The molecule has 0 aliphatic rings. The third-order valence-electron chi connectivity index (χ3n) is 1.13. The minimum absolute atomic E-state index is 0.00463. The zero-order chi connectivity index (χ0) is 14.6. The van der Waals surface area contributed by atoms with Crippen molar-refractivity contribution < 1.29 is 0 Å². The van der Waals surface area contributed by atoms with Gasteiger partial charge in [0.25, 0.3) is 0 Å². The van der Waals surface area contributed by atoms with Gasteiger partial charge in [-0.1, -0.05) is 18.2 Å². The molecule has 0 aromatic carbocycles. The second kappa shape index (κ2) is 24.8. The van der Waals surface area contributed by atoms with E-state index in [4.69, 9.17) is 20.8 Å². The molecule has 8 heteroatoms. The highest BCUT2D eigenvalue weighted by Crippen LogP contribution is 2.21. The first-order chi connectivity index (χ1) is 8.64. The molecule has 1 unspecified atom stereocenters. The predicted molar refractivity (Wildman–Crippen MR) is 78.6 cm³/mol. The smallest absolute Gasteiger partial charge is 0.150 e. The van der Waals surface area contributed by atoms with E-state index in [9.17, 15) is 0 Å². The van der Waals surface area contributed by atoms with Crippen LogP contribution in [0.5, 0.6) is 0 Å². The monoisotopic (exact) mass is 299 g/mol. The molecular formula is C10H16N5P3. The van der Waals surface area contributed by atoms with Crippen molar-refractivity contribution in [3.63, 3.8) is 0 Å². The molecular weight excluding hydrogens is 283 g/mol. The first kappa shape index (κ1) is 22.0. The lowest BCUT2D eigenvalue weighted by Crippen LogP contribution is -1.76. The van der Waals surface area contributed by atoms with Gasteiger partial charge < -0.3 is 0 Å². The first-order valence-corrected chi connectivity index (χ1v) is 8.07. The SMILES string of the molecule is C/C=C/CC#N.C=CC(C)C#N.N=PN=PP=N. The van der Waals surface area contributed by atoms with Gasteiger partial charge in [0.15, 0.2) is 8.52 Å². The number of hydrogen-bond donors (Lipinski definition) is 2. The van der Waals surface area contributed by atoms with Gasteiger partial charge in [0, 0.05) is 0 Å². The first-order valence-electron chi connectivity index (χ1n) is 4.77. The number of nitriles is 2. The van der Waals surface area contributed by atoms with Crippen LogP contribution in [0.1, 0.15) is 20.3 Å². The molecule has 18 heavy (non-hydrogen) atoms. The minimum Gasteiger partial charge on any atom is -0.274 e. The molecule has 0 saturated carbocycles. The number of allylic oxidation sites excluding steroid dienone is 3. The fourth-order valence-electron chi connectivity index (χ4n) is 0.263. The van der Waals surface area contributed by atoms with Gasteiger partial charge in [-0.15, -0.1) is 6.58 Å². The Hall–Kier alpha value is -1.24. The molecule has 0 radical (unpaired) electrons. The predicted octanol–water partition coefficient (Wildman–Crippen LogP) is 6.17. The maximum atomic E-state index is 8.01. The zero-order valence-electron chi connectivity index (χ0n) is 10.4. The Morgan fingerprint density at radius 1 is 1.44 bits per heavy atom. The van der Waals surface area contributed by atoms with E-state index in [0.29, 0.717) is 22.5 Å². The molecule has 0 aromatic rings. The Morgan fingerprint density at radius 3 is 2.17 bits per heavy atom. The summed E-state index contributed by atoms with van der Waals surface area (Å²) in [4.78, 5) is 0. The summed E-state index contributed by atoms with van der Waals surface area (Å²) < 4.78 is 3.50. The van der Waals surface area contributed by atoms with Crippen LogP contribution in [-0.4, -0.2) is 0 Å². The van der Waals surface area contributed by atoms with Crippen LogP contribution in [0.25, 0.3) is 0 Å². The summed E-state index contributed by atoms with van der Waals surface area (Å²) in [6.07, 6.45) is 5.83.